The molecule has 1 heterocycles. The smallest absolute Gasteiger partial charge is 0.251 e. The Morgan fingerprint density at radius 3 is 3.12 bits per heavy atom. The van der Waals surface area contributed by atoms with Crippen LogP contribution in [0.4, 0.5) is 0 Å². The molecule has 17 heavy (non-hydrogen) atoms. The Labute approximate surface area is 100 Å². The number of amides is 1. The predicted molar refractivity (Wildman–Crippen MR) is 67.9 cm³/mol. The van der Waals surface area contributed by atoms with E-state index in [2.05, 4.69) is 29.1 Å². The average Bonchev–Trinajstić information content (AvgIpc) is 2.82. The zero-order valence-electron chi connectivity index (χ0n) is 10.2. The number of carbonyl (C=O) groups is 1. The first-order valence-electron chi connectivity index (χ1n) is 5.92. The molecular formula is C13H17N3O. The van der Waals surface area contributed by atoms with Gasteiger partial charge in [-0.2, -0.15) is 0 Å². The minimum atomic E-state index is -0.0261. The number of H-pyrrole nitrogens is 1. The van der Waals surface area contributed by atoms with Crippen molar-refractivity contribution in [3.63, 3.8) is 0 Å². The Morgan fingerprint density at radius 1 is 1.53 bits per heavy atom. The zero-order chi connectivity index (χ0) is 12.3. The quantitative estimate of drug-likeness (QED) is 0.848. The first kappa shape index (κ1) is 11.6. The van der Waals surface area contributed by atoms with Gasteiger partial charge in [-0.25, -0.2) is 4.98 Å². The molecule has 1 aromatic carbocycles. The Bertz CT molecular complexity index is 518. The van der Waals surface area contributed by atoms with Crippen molar-refractivity contribution in [2.75, 3.05) is 6.54 Å². The highest BCUT2D eigenvalue weighted by Gasteiger charge is 2.08. The average molecular weight is 231 g/mol. The van der Waals surface area contributed by atoms with Crippen LogP contribution in [0.2, 0.25) is 0 Å². The van der Waals surface area contributed by atoms with Crippen molar-refractivity contribution >= 4 is 16.9 Å². The number of imidazole rings is 1. The number of hydrogen-bond acceptors (Lipinski definition) is 2. The summed E-state index contributed by atoms with van der Waals surface area (Å²) in [7, 11) is 0. The summed E-state index contributed by atoms with van der Waals surface area (Å²) < 4.78 is 0. The monoisotopic (exact) mass is 231 g/mol. The van der Waals surface area contributed by atoms with E-state index in [0.29, 0.717) is 11.5 Å². The number of fused-ring (bicyclic) bond motifs is 1. The number of hydrogen-bond donors (Lipinski definition) is 2. The molecule has 90 valence electrons. The molecule has 2 rings (SSSR count). The summed E-state index contributed by atoms with van der Waals surface area (Å²) in [6.07, 6.45) is 2.70. The lowest BCUT2D eigenvalue weighted by molar-refractivity contribution is 0.0948. The number of aromatic amines is 1. The highest BCUT2D eigenvalue weighted by molar-refractivity contribution is 5.97. The van der Waals surface area contributed by atoms with Crippen LogP contribution < -0.4 is 5.32 Å². The summed E-state index contributed by atoms with van der Waals surface area (Å²) in [6, 6.07) is 5.48. The van der Waals surface area contributed by atoms with Crippen molar-refractivity contribution in [2.45, 2.75) is 20.3 Å². The normalized spacial score (nSPS) is 12.6. The number of carbonyl (C=O) groups excluding carboxylic acids is 1. The number of rotatable bonds is 4. The van der Waals surface area contributed by atoms with Gasteiger partial charge in [-0.05, 0) is 24.1 Å². The summed E-state index contributed by atoms with van der Waals surface area (Å²) in [5.41, 5.74) is 2.44. The van der Waals surface area contributed by atoms with Gasteiger partial charge in [-0.15, -0.1) is 0 Å². The standard InChI is InChI=1S/C13H17N3O/c1-3-9(2)7-14-13(17)10-4-5-11-12(6-10)16-8-15-11/h4-6,8-9H,3,7H2,1-2H3,(H,14,17)(H,15,16). The van der Waals surface area contributed by atoms with Gasteiger partial charge in [0.05, 0.1) is 17.4 Å². The third-order valence-electron chi connectivity index (χ3n) is 2.99. The third kappa shape index (κ3) is 2.64. The summed E-state index contributed by atoms with van der Waals surface area (Å²) in [5.74, 6) is 0.483. The maximum atomic E-state index is 11.9. The van der Waals surface area contributed by atoms with E-state index in [-0.39, 0.29) is 5.91 Å². The fourth-order valence-electron chi connectivity index (χ4n) is 1.59. The predicted octanol–water partition coefficient (Wildman–Crippen LogP) is 2.34. The van der Waals surface area contributed by atoms with Crippen molar-refractivity contribution < 1.29 is 4.79 Å². The Balaban J connectivity index is 2.08. The largest absolute Gasteiger partial charge is 0.352 e. The van der Waals surface area contributed by atoms with E-state index < -0.39 is 0 Å². The van der Waals surface area contributed by atoms with Crippen LogP contribution in [0.3, 0.4) is 0 Å². The second-order valence-corrected chi connectivity index (χ2v) is 4.36. The Hall–Kier alpha value is -1.84. The van der Waals surface area contributed by atoms with Gasteiger partial charge in [0.25, 0.3) is 5.91 Å². The molecule has 0 aliphatic rings. The Kier molecular flexibility index (Phi) is 3.42. The third-order valence-corrected chi connectivity index (χ3v) is 2.99. The molecule has 0 spiro atoms. The van der Waals surface area contributed by atoms with Crippen LogP contribution in [-0.4, -0.2) is 22.4 Å². The molecule has 0 saturated heterocycles. The highest BCUT2D eigenvalue weighted by atomic mass is 16.1. The molecule has 0 aliphatic carbocycles. The molecule has 0 saturated carbocycles. The minimum absolute atomic E-state index is 0.0261. The second-order valence-electron chi connectivity index (χ2n) is 4.36. The molecular weight excluding hydrogens is 214 g/mol. The summed E-state index contributed by atoms with van der Waals surface area (Å²) in [5, 5.41) is 2.93. The van der Waals surface area contributed by atoms with E-state index in [1.165, 1.54) is 0 Å². The van der Waals surface area contributed by atoms with Crippen molar-refractivity contribution in [1.82, 2.24) is 15.3 Å². The van der Waals surface area contributed by atoms with Gasteiger partial charge in [-0.3, -0.25) is 4.79 Å². The van der Waals surface area contributed by atoms with E-state index in [1.807, 2.05) is 12.1 Å². The maximum absolute atomic E-state index is 11.9. The SMILES string of the molecule is CCC(C)CNC(=O)c1ccc2nc[nH]c2c1. The molecule has 0 aliphatic heterocycles. The molecule has 4 nitrogen and oxygen atoms in total. The number of aromatic nitrogens is 2. The van der Waals surface area contributed by atoms with E-state index in [9.17, 15) is 4.79 Å². The van der Waals surface area contributed by atoms with Crippen LogP contribution in [0.1, 0.15) is 30.6 Å². The van der Waals surface area contributed by atoms with E-state index >= 15 is 0 Å². The van der Waals surface area contributed by atoms with Crippen molar-refractivity contribution in [2.24, 2.45) is 5.92 Å². The van der Waals surface area contributed by atoms with Gasteiger partial charge in [0.15, 0.2) is 0 Å². The fraction of sp³-hybridized carbons (Fsp3) is 0.385. The number of nitrogens with one attached hydrogen (secondary N) is 2. The molecule has 1 atom stereocenters. The van der Waals surface area contributed by atoms with Crippen LogP contribution >= 0.6 is 0 Å². The minimum Gasteiger partial charge on any atom is -0.352 e. The molecule has 0 bridgehead atoms. The second kappa shape index (κ2) is 4.99. The first-order chi connectivity index (χ1) is 8.20. The molecule has 1 unspecified atom stereocenters. The topological polar surface area (TPSA) is 57.8 Å². The fourth-order valence-corrected chi connectivity index (χ4v) is 1.59. The molecule has 0 radical (unpaired) electrons. The van der Waals surface area contributed by atoms with Gasteiger partial charge < -0.3 is 10.3 Å². The zero-order valence-corrected chi connectivity index (χ0v) is 10.2. The van der Waals surface area contributed by atoms with Crippen LogP contribution in [-0.2, 0) is 0 Å². The summed E-state index contributed by atoms with van der Waals surface area (Å²) in [6.45, 7) is 4.96. The van der Waals surface area contributed by atoms with Gasteiger partial charge in [0.1, 0.15) is 0 Å². The lowest BCUT2D eigenvalue weighted by Gasteiger charge is -2.09. The molecule has 1 amide bonds. The molecule has 1 aromatic heterocycles. The Morgan fingerprint density at radius 2 is 2.35 bits per heavy atom. The molecule has 0 fully saturated rings. The molecule has 4 heteroatoms. The van der Waals surface area contributed by atoms with Crippen molar-refractivity contribution in [1.29, 1.82) is 0 Å². The van der Waals surface area contributed by atoms with Crippen LogP contribution in [0.25, 0.3) is 11.0 Å². The molecule has 2 aromatic rings. The number of nitrogens with zero attached hydrogens (tertiary/aromatic N) is 1. The lowest BCUT2D eigenvalue weighted by atomic mass is 10.1. The summed E-state index contributed by atoms with van der Waals surface area (Å²) >= 11 is 0. The van der Waals surface area contributed by atoms with E-state index in [0.717, 1.165) is 24.0 Å². The molecule has 2 N–H and O–H groups in total. The van der Waals surface area contributed by atoms with Crippen molar-refractivity contribution in [3.05, 3.63) is 30.1 Å². The number of benzene rings is 1. The lowest BCUT2D eigenvalue weighted by Crippen LogP contribution is -2.27. The first-order valence-corrected chi connectivity index (χ1v) is 5.92. The van der Waals surface area contributed by atoms with Crippen LogP contribution in [0.5, 0.6) is 0 Å². The van der Waals surface area contributed by atoms with Crippen molar-refractivity contribution in [3.8, 4) is 0 Å². The van der Waals surface area contributed by atoms with Crippen LogP contribution in [0, 0.1) is 5.92 Å². The summed E-state index contributed by atoms with van der Waals surface area (Å²) in [4.78, 5) is 19.0. The maximum Gasteiger partial charge on any atom is 0.251 e. The van der Waals surface area contributed by atoms with E-state index in [4.69, 9.17) is 0 Å². The van der Waals surface area contributed by atoms with Crippen LogP contribution in [0.15, 0.2) is 24.5 Å². The van der Waals surface area contributed by atoms with Gasteiger partial charge in [-0.1, -0.05) is 20.3 Å². The van der Waals surface area contributed by atoms with Gasteiger partial charge in [0, 0.05) is 12.1 Å². The van der Waals surface area contributed by atoms with Gasteiger partial charge >= 0.3 is 0 Å². The highest BCUT2D eigenvalue weighted by Crippen LogP contribution is 2.11. The van der Waals surface area contributed by atoms with E-state index in [1.54, 1.807) is 12.4 Å². The van der Waals surface area contributed by atoms with Gasteiger partial charge in [0.2, 0.25) is 0 Å².